The molecule has 2 aromatic rings. The normalized spacial score (nSPS) is 22.1. The van der Waals surface area contributed by atoms with E-state index in [9.17, 15) is 9.18 Å². The highest BCUT2D eigenvalue weighted by Crippen LogP contribution is 2.29. The number of benzene rings is 1. The molecule has 1 heterocycles. The summed E-state index contributed by atoms with van der Waals surface area (Å²) in [5, 5.41) is 3.67. The molecule has 27 heavy (non-hydrogen) atoms. The van der Waals surface area contributed by atoms with E-state index < -0.39 is 5.91 Å². The number of hydrazine groups is 1. The molecule has 0 saturated heterocycles. The second-order valence-corrected chi connectivity index (χ2v) is 7.51. The van der Waals surface area contributed by atoms with Crippen molar-refractivity contribution in [1.82, 2.24) is 16.2 Å². The largest absolute Gasteiger partial charge is 0.451 e. The molecule has 1 aromatic heterocycles. The van der Waals surface area contributed by atoms with E-state index >= 15 is 0 Å². The van der Waals surface area contributed by atoms with E-state index in [-0.39, 0.29) is 11.6 Å². The summed E-state index contributed by atoms with van der Waals surface area (Å²) in [6.45, 7) is 4.48. The third-order valence-corrected chi connectivity index (χ3v) is 5.49. The topological polar surface area (TPSA) is 66.3 Å². The first-order chi connectivity index (χ1) is 12.9. The van der Waals surface area contributed by atoms with Crippen molar-refractivity contribution in [2.24, 2.45) is 11.8 Å². The predicted molar refractivity (Wildman–Crippen MR) is 106 cm³/mol. The Kier molecular flexibility index (Phi) is 6.11. The van der Waals surface area contributed by atoms with Crippen molar-refractivity contribution in [2.75, 3.05) is 0 Å². The average molecular weight is 389 g/mol. The summed E-state index contributed by atoms with van der Waals surface area (Å²) in [5.41, 5.74) is 5.97. The van der Waals surface area contributed by atoms with Gasteiger partial charge in [-0.1, -0.05) is 26.7 Å². The molecule has 7 heteroatoms. The van der Waals surface area contributed by atoms with Crippen LogP contribution in [0.25, 0.3) is 11.3 Å². The standard InChI is InChI=1S/C20H24FN3O2S/c1-12-4-3-5-16(13(12)2)22-20(27)24-23-19(25)18-11-10-17(26-18)14-6-8-15(21)9-7-14/h6-13,16H,3-5H2,1-2H3,(H,23,25)(H2,22,24,27)/t12-,13+,16-/m0/s1. The highest BCUT2D eigenvalue weighted by atomic mass is 32.1. The van der Waals surface area contributed by atoms with Crippen molar-refractivity contribution >= 4 is 23.2 Å². The molecule has 0 bridgehead atoms. The van der Waals surface area contributed by atoms with Gasteiger partial charge >= 0.3 is 5.91 Å². The van der Waals surface area contributed by atoms with Gasteiger partial charge in [-0.15, -0.1) is 0 Å². The van der Waals surface area contributed by atoms with Gasteiger partial charge in [0.15, 0.2) is 10.9 Å². The van der Waals surface area contributed by atoms with Crippen LogP contribution in [0.2, 0.25) is 0 Å². The zero-order valence-electron chi connectivity index (χ0n) is 15.4. The quantitative estimate of drug-likeness (QED) is 0.547. The number of rotatable bonds is 3. The van der Waals surface area contributed by atoms with Crippen molar-refractivity contribution in [3.05, 3.63) is 48.0 Å². The summed E-state index contributed by atoms with van der Waals surface area (Å²) in [6.07, 6.45) is 3.49. The molecule has 0 radical (unpaired) electrons. The molecule has 1 aliphatic rings. The number of furan rings is 1. The van der Waals surface area contributed by atoms with Gasteiger partial charge in [-0.3, -0.25) is 15.6 Å². The zero-order chi connectivity index (χ0) is 19.4. The van der Waals surface area contributed by atoms with Crippen molar-refractivity contribution in [2.45, 2.75) is 39.2 Å². The maximum atomic E-state index is 13.0. The minimum absolute atomic E-state index is 0.143. The van der Waals surface area contributed by atoms with Gasteiger partial charge in [0, 0.05) is 11.6 Å². The van der Waals surface area contributed by atoms with E-state index in [0.29, 0.717) is 34.3 Å². The fraction of sp³-hybridized carbons (Fsp3) is 0.400. The van der Waals surface area contributed by atoms with Gasteiger partial charge in [0.25, 0.3) is 0 Å². The number of hydrogen-bond donors (Lipinski definition) is 3. The van der Waals surface area contributed by atoms with Crippen molar-refractivity contribution in [3.8, 4) is 11.3 Å². The minimum atomic E-state index is -0.433. The Morgan fingerprint density at radius 2 is 1.85 bits per heavy atom. The minimum Gasteiger partial charge on any atom is -0.451 e. The lowest BCUT2D eigenvalue weighted by atomic mass is 9.78. The number of carbonyl (C=O) groups is 1. The lowest BCUT2D eigenvalue weighted by Crippen LogP contribution is -2.52. The molecule has 1 aliphatic carbocycles. The van der Waals surface area contributed by atoms with Crippen molar-refractivity contribution in [3.63, 3.8) is 0 Å². The van der Waals surface area contributed by atoms with E-state index in [2.05, 4.69) is 30.0 Å². The molecular formula is C20H24FN3O2S. The highest BCUT2D eigenvalue weighted by Gasteiger charge is 2.27. The second-order valence-electron chi connectivity index (χ2n) is 7.10. The van der Waals surface area contributed by atoms with Gasteiger partial charge in [-0.05, 0) is 66.9 Å². The lowest BCUT2D eigenvalue weighted by molar-refractivity contribution is 0.0916. The summed E-state index contributed by atoms with van der Waals surface area (Å²) >= 11 is 5.29. The summed E-state index contributed by atoms with van der Waals surface area (Å²) in [7, 11) is 0. The van der Waals surface area contributed by atoms with Crippen LogP contribution in [0.15, 0.2) is 40.8 Å². The lowest BCUT2D eigenvalue weighted by Gasteiger charge is -2.35. The first-order valence-corrected chi connectivity index (χ1v) is 9.57. The zero-order valence-corrected chi connectivity index (χ0v) is 16.2. The number of halogens is 1. The first kappa shape index (κ1) is 19.4. The molecule has 1 saturated carbocycles. The van der Waals surface area contributed by atoms with E-state index in [1.54, 1.807) is 24.3 Å². The smallest absolute Gasteiger partial charge is 0.305 e. The number of carbonyl (C=O) groups excluding carboxylic acids is 1. The van der Waals surface area contributed by atoms with Crippen LogP contribution in [0.1, 0.15) is 43.7 Å². The maximum Gasteiger partial charge on any atom is 0.305 e. The van der Waals surface area contributed by atoms with Gasteiger partial charge in [0.2, 0.25) is 0 Å². The highest BCUT2D eigenvalue weighted by molar-refractivity contribution is 7.80. The molecule has 144 valence electrons. The molecule has 3 atom stereocenters. The Labute approximate surface area is 163 Å². The molecule has 0 aliphatic heterocycles. The Morgan fingerprint density at radius 1 is 1.11 bits per heavy atom. The van der Waals surface area contributed by atoms with Crippen LogP contribution >= 0.6 is 12.2 Å². The van der Waals surface area contributed by atoms with Crippen LogP contribution in [0.4, 0.5) is 4.39 Å². The fourth-order valence-corrected chi connectivity index (χ4v) is 3.60. The van der Waals surface area contributed by atoms with Crippen LogP contribution in [0.5, 0.6) is 0 Å². The van der Waals surface area contributed by atoms with E-state index in [1.165, 1.54) is 25.0 Å². The number of amides is 1. The van der Waals surface area contributed by atoms with E-state index in [0.717, 1.165) is 6.42 Å². The van der Waals surface area contributed by atoms with E-state index in [1.807, 2.05) is 0 Å². The SMILES string of the molecule is C[C@H]1[C@@H](NC(=S)NNC(=O)c2ccc(-c3ccc(F)cc3)o2)CCC[C@@H]1C. The maximum absolute atomic E-state index is 13.0. The molecule has 0 spiro atoms. The first-order valence-electron chi connectivity index (χ1n) is 9.16. The van der Waals surface area contributed by atoms with Crippen LogP contribution in [-0.4, -0.2) is 17.1 Å². The molecule has 1 aromatic carbocycles. The number of thiocarbonyl (C=S) groups is 1. The van der Waals surface area contributed by atoms with Gasteiger partial charge in [-0.25, -0.2) is 4.39 Å². The van der Waals surface area contributed by atoms with E-state index in [4.69, 9.17) is 16.6 Å². The Morgan fingerprint density at radius 3 is 2.59 bits per heavy atom. The number of nitrogens with one attached hydrogen (secondary N) is 3. The summed E-state index contributed by atoms with van der Waals surface area (Å²) in [6, 6.07) is 9.42. The molecule has 3 N–H and O–H groups in total. The summed E-state index contributed by atoms with van der Waals surface area (Å²) < 4.78 is 18.6. The third kappa shape index (κ3) is 4.86. The molecule has 3 rings (SSSR count). The summed E-state index contributed by atoms with van der Waals surface area (Å²) in [4.78, 5) is 12.2. The Bertz CT molecular complexity index is 806. The van der Waals surface area contributed by atoms with Crippen molar-refractivity contribution in [1.29, 1.82) is 0 Å². The average Bonchev–Trinajstić information content (AvgIpc) is 3.14. The summed E-state index contributed by atoms with van der Waals surface area (Å²) in [5.74, 6) is 1.06. The second kappa shape index (κ2) is 8.52. The monoisotopic (exact) mass is 389 g/mol. The van der Waals surface area contributed by atoms with Crippen LogP contribution < -0.4 is 16.2 Å². The van der Waals surface area contributed by atoms with Crippen LogP contribution in [0.3, 0.4) is 0 Å². The molecule has 1 amide bonds. The third-order valence-electron chi connectivity index (χ3n) is 5.27. The van der Waals surface area contributed by atoms with Gasteiger partial charge in [-0.2, -0.15) is 0 Å². The fourth-order valence-electron chi connectivity index (χ4n) is 3.39. The van der Waals surface area contributed by atoms with Gasteiger partial charge < -0.3 is 9.73 Å². The van der Waals surface area contributed by atoms with Crippen LogP contribution in [0, 0.1) is 17.7 Å². The van der Waals surface area contributed by atoms with Crippen molar-refractivity contribution < 1.29 is 13.6 Å². The predicted octanol–water partition coefficient (Wildman–Crippen LogP) is 4.02. The molecular weight excluding hydrogens is 365 g/mol. The Hall–Kier alpha value is -2.41. The van der Waals surface area contributed by atoms with Gasteiger partial charge in [0.1, 0.15) is 11.6 Å². The van der Waals surface area contributed by atoms with Gasteiger partial charge in [0.05, 0.1) is 0 Å². The van der Waals surface area contributed by atoms with Crippen LogP contribution in [-0.2, 0) is 0 Å². The molecule has 1 fully saturated rings. The molecule has 0 unspecified atom stereocenters. The Balaban J connectivity index is 1.52. The molecule has 5 nitrogen and oxygen atoms in total. The number of hydrogen-bond acceptors (Lipinski definition) is 3.